The number of phenolic OH excluding ortho intramolecular Hbond substituents is 1. The fourth-order valence-electron chi connectivity index (χ4n) is 3.35. The van der Waals surface area contributed by atoms with E-state index in [0.717, 1.165) is 6.07 Å². The van der Waals surface area contributed by atoms with Crippen molar-refractivity contribution < 1.29 is 19.1 Å². The molecule has 7 heteroatoms. The molecule has 1 amide bonds. The number of nitrogens with zero attached hydrogens (tertiary/aromatic N) is 1. The van der Waals surface area contributed by atoms with E-state index in [1.165, 1.54) is 23.7 Å². The van der Waals surface area contributed by atoms with Crippen molar-refractivity contribution in [3.63, 3.8) is 0 Å². The van der Waals surface area contributed by atoms with Crippen LogP contribution in [0.25, 0.3) is 10.9 Å². The van der Waals surface area contributed by atoms with Gasteiger partial charge in [0, 0.05) is 34.8 Å². The second-order valence-electron chi connectivity index (χ2n) is 6.31. The van der Waals surface area contributed by atoms with Crippen molar-refractivity contribution in [2.45, 2.75) is 19.8 Å². The van der Waals surface area contributed by atoms with E-state index >= 15 is 0 Å². The van der Waals surface area contributed by atoms with Crippen molar-refractivity contribution in [1.29, 1.82) is 0 Å². The quantitative estimate of drug-likeness (QED) is 0.712. The average Bonchev–Trinajstić information content (AvgIpc) is 2.91. The number of phenols is 1. The molecule has 0 bridgehead atoms. The third-order valence-corrected chi connectivity index (χ3v) is 4.90. The maximum atomic E-state index is 14.1. The van der Waals surface area contributed by atoms with E-state index in [0.29, 0.717) is 27.2 Å². The molecule has 5 nitrogen and oxygen atoms in total. The summed E-state index contributed by atoms with van der Waals surface area (Å²) >= 11 is 5.99. The summed E-state index contributed by atoms with van der Waals surface area (Å²) in [7, 11) is 1.52. The molecule has 1 heterocycles. The largest absolute Gasteiger partial charge is 0.505 e. The Kier molecular flexibility index (Phi) is 4.93. The van der Waals surface area contributed by atoms with Crippen molar-refractivity contribution in [2.75, 3.05) is 7.05 Å². The zero-order valence-electron chi connectivity index (χ0n) is 15.0. The fraction of sp³-hybridized carbons (Fsp3) is 0.200. The molecule has 1 atom stereocenters. The first-order valence-corrected chi connectivity index (χ1v) is 8.69. The second-order valence-corrected chi connectivity index (χ2v) is 6.74. The summed E-state index contributed by atoms with van der Waals surface area (Å²) in [5.41, 5.74) is 1.65. The van der Waals surface area contributed by atoms with Crippen LogP contribution in [0, 0.1) is 12.7 Å². The topological polar surface area (TPSA) is 71.3 Å². The van der Waals surface area contributed by atoms with Crippen LogP contribution in [0.2, 0.25) is 5.02 Å². The fourth-order valence-corrected chi connectivity index (χ4v) is 3.54. The molecule has 0 spiro atoms. The molecule has 2 N–H and O–H groups in total. The standard InChI is InChI=1S/C20H18ClFN2O3/c1-10(19(26)23-3)18-11(2)24(16-9-15(22)17(25)8-14(16)18)20(27)12-5-4-6-13(21)7-12/h4-10,25H,1-3H3,(H,23,26). The summed E-state index contributed by atoms with van der Waals surface area (Å²) in [6, 6.07) is 8.77. The van der Waals surface area contributed by atoms with Gasteiger partial charge in [0.1, 0.15) is 0 Å². The van der Waals surface area contributed by atoms with Crippen LogP contribution in [0.3, 0.4) is 0 Å². The van der Waals surface area contributed by atoms with E-state index in [2.05, 4.69) is 5.32 Å². The first kappa shape index (κ1) is 18.9. The molecule has 0 radical (unpaired) electrons. The van der Waals surface area contributed by atoms with Gasteiger partial charge in [-0.2, -0.15) is 0 Å². The highest BCUT2D eigenvalue weighted by Gasteiger charge is 2.27. The number of carbonyl (C=O) groups is 2. The first-order valence-electron chi connectivity index (χ1n) is 8.31. The summed E-state index contributed by atoms with van der Waals surface area (Å²) < 4.78 is 15.4. The van der Waals surface area contributed by atoms with Crippen LogP contribution >= 0.6 is 11.6 Å². The monoisotopic (exact) mass is 388 g/mol. The van der Waals surface area contributed by atoms with Crippen molar-refractivity contribution in [2.24, 2.45) is 0 Å². The normalized spacial score (nSPS) is 12.2. The molecule has 3 rings (SSSR count). The summed E-state index contributed by atoms with van der Waals surface area (Å²) in [5.74, 6) is -2.65. The van der Waals surface area contributed by atoms with Gasteiger partial charge in [0.25, 0.3) is 5.91 Å². The van der Waals surface area contributed by atoms with Gasteiger partial charge in [0.05, 0.1) is 11.4 Å². The number of likely N-dealkylation sites (N-methyl/N-ethyl adjacent to an activating group) is 1. The Balaban J connectivity index is 2.32. The minimum atomic E-state index is -0.848. The third kappa shape index (κ3) is 3.17. The smallest absolute Gasteiger partial charge is 0.262 e. The van der Waals surface area contributed by atoms with Crippen molar-refractivity contribution in [1.82, 2.24) is 9.88 Å². The number of amides is 1. The molecule has 140 valence electrons. The Hall–Kier alpha value is -2.86. The minimum absolute atomic E-state index is 0.254. The number of rotatable bonds is 3. The van der Waals surface area contributed by atoms with Gasteiger partial charge in [-0.25, -0.2) is 4.39 Å². The Bertz CT molecular complexity index is 1070. The van der Waals surface area contributed by atoms with Crippen molar-refractivity contribution in [3.05, 3.63) is 64.1 Å². The van der Waals surface area contributed by atoms with E-state index in [9.17, 15) is 19.1 Å². The number of nitrogens with one attached hydrogen (secondary N) is 1. The van der Waals surface area contributed by atoms with Gasteiger partial charge in [-0.05, 0) is 43.7 Å². The van der Waals surface area contributed by atoms with Crippen LogP contribution in [0.15, 0.2) is 36.4 Å². The maximum Gasteiger partial charge on any atom is 0.262 e. The number of carbonyl (C=O) groups excluding carboxylic acids is 2. The van der Waals surface area contributed by atoms with Gasteiger partial charge in [0.15, 0.2) is 11.6 Å². The predicted octanol–water partition coefficient (Wildman–Crippen LogP) is 3.99. The van der Waals surface area contributed by atoms with Crippen LogP contribution in [-0.2, 0) is 4.79 Å². The Morgan fingerprint density at radius 3 is 2.59 bits per heavy atom. The lowest BCUT2D eigenvalue weighted by Gasteiger charge is -2.12. The number of aromatic hydroxyl groups is 1. The zero-order valence-corrected chi connectivity index (χ0v) is 15.8. The minimum Gasteiger partial charge on any atom is -0.505 e. The van der Waals surface area contributed by atoms with E-state index in [1.807, 2.05) is 0 Å². The van der Waals surface area contributed by atoms with Gasteiger partial charge >= 0.3 is 0 Å². The number of hydrogen-bond donors (Lipinski definition) is 2. The molecule has 0 saturated heterocycles. The Labute approximate surface area is 160 Å². The van der Waals surface area contributed by atoms with E-state index in [1.54, 1.807) is 32.0 Å². The number of halogens is 2. The van der Waals surface area contributed by atoms with E-state index in [-0.39, 0.29) is 11.4 Å². The Morgan fingerprint density at radius 1 is 1.26 bits per heavy atom. The lowest BCUT2D eigenvalue weighted by molar-refractivity contribution is -0.121. The lowest BCUT2D eigenvalue weighted by Crippen LogP contribution is -2.24. The molecule has 2 aromatic carbocycles. The maximum absolute atomic E-state index is 14.1. The third-order valence-electron chi connectivity index (χ3n) is 4.67. The van der Waals surface area contributed by atoms with Gasteiger partial charge in [0.2, 0.25) is 5.91 Å². The number of benzene rings is 2. The zero-order chi connectivity index (χ0) is 19.9. The van der Waals surface area contributed by atoms with Crippen LogP contribution < -0.4 is 5.32 Å². The predicted molar refractivity (Wildman–Crippen MR) is 102 cm³/mol. The van der Waals surface area contributed by atoms with Crippen LogP contribution in [-0.4, -0.2) is 28.5 Å². The first-order chi connectivity index (χ1) is 12.8. The summed E-state index contributed by atoms with van der Waals surface area (Å²) in [5, 5.41) is 13.2. The second kappa shape index (κ2) is 7.04. The highest BCUT2D eigenvalue weighted by Crippen LogP contribution is 2.36. The number of hydrogen-bond acceptors (Lipinski definition) is 3. The lowest BCUT2D eigenvalue weighted by atomic mass is 9.97. The molecule has 1 unspecified atom stereocenters. The summed E-state index contributed by atoms with van der Waals surface area (Å²) in [6.07, 6.45) is 0. The van der Waals surface area contributed by atoms with Crippen molar-refractivity contribution >= 4 is 34.3 Å². The van der Waals surface area contributed by atoms with Gasteiger partial charge in [-0.1, -0.05) is 17.7 Å². The molecule has 0 saturated carbocycles. The summed E-state index contributed by atoms with van der Waals surface area (Å²) in [6.45, 7) is 3.38. The molecular formula is C20H18ClFN2O3. The molecule has 0 fully saturated rings. The van der Waals surface area contributed by atoms with Crippen LogP contribution in [0.1, 0.15) is 34.5 Å². The van der Waals surface area contributed by atoms with Crippen LogP contribution in [0.5, 0.6) is 5.75 Å². The molecule has 0 aliphatic rings. The van der Waals surface area contributed by atoms with E-state index < -0.39 is 23.4 Å². The molecule has 1 aromatic heterocycles. The highest BCUT2D eigenvalue weighted by molar-refractivity contribution is 6.31. The van der Waals surface area contributed by atoms with E-state index in [4.69, 9.17) is 11.6 Å². The molecule has 0 aliphatic carbocycles. The number of aromatic nitrogens is 1. The van der Waals surface area contributed by atoms with Crippen molar-refractivity contribution in [3.8, 4) is 5.75 Å². The van der Waals surface area contributed by atoms with Crippen LogP contribution in [0.4, 0.5) is 4.39 Å². The number of fused-ring (bicyclic) bond motifs is 1. The van der Waals surface area contributed by atoms with Gasteiger partial charge in [-0.15, -0.1) is 0 Å². The SMILES string of the molecule is CNC(=O)C(C)c1c(C)n(C(=O)c2cccc(Cl)c2)c2cc(F)c(O)cc12. The van der Waals surface area contributed by atoms with Gasteiger partial charge < -0.3 is 10.4 Å². The Morgan fingerprint density at radius 2 is 1.96 bits per heavy atom. The molecule has 0 aliphatic heterocycles. The highest BCUT2D eigenvalue weighted by atomic mass is 35.5. The van der Waals surface area contributed by atoms with Gasteiger partial charge in [-0.3, -0.25) is 14.2 Å². The molecule has 3 aromatic rings. The average molecular weight is 389 g/mol. The molecular weight excluding hydrogens is 371 g/mol. The summed E-state index contributed by atoms with van der Waals surface area (Å²) in [4.78, 5) is 25.3. The molecule has 27 heavy (non-hydrogen) atoms.